The highest BCUT2D eigenvalue weighted by molar-refractivity contribution is 5.93. The summed E-state index contributed by atoms with van der Waals surface area (Å²) in [4.78, 5) is 16.6. The third-order valence-electron chi connectivity index (χ3n) is 2.70. The maximum atomic E-state index is 11.4. The summed E-state index contributed by atoms with van der Waals surface area (Å²) in [6, 6.07) is 5.58. The molecule has 1 aliphatic heterocycles. The number of hydrogen-bond donors (Lipinski definition) is 0. The van der Waals surface area contributed by atoms with Gasteiger partial charge in [0, 0.05) is 19.2 Å². The Morgan fingerprint density at radius 3 is 3.00 bits per heavy atom. The zero-order chi connectivity index (χ0) is 10.8. The lowest BCUT2D eigenvalue weighted by atomic mass is 10.0. The van der Waals surface area contributed by atoms with Gasteiger partial charge in [-0.1, -0.05) is 12.1 Å². The van der Waals surface area contributed by atoms with Gasteiger partial charge in [0.25, 0.3) is 0 Å². The maximum absolute atomic E-state index is 11.4. The maximum Gasteiger partial charge on any atom is 0.223 e. The van der Waals surface area contributed by atoms with Crippen LogP contribution in [0.15, 0.2) is 18.2 Å². The summed E-state index contributed by atoms with van der Waals surface area (Å²) >= 11 is 0. The highest BCUT2D eigenvalue weighted by Crippen LogP contribution is 2.31. The van der Waals surface area contributed by atoms with Crippen LogP contribution in [0.2, 0.25) is 0 Å². The smallest absolute Gasteiger partial charge is 0.223 e. The summed E-state index contributed by atoms with van der Waals surface area (Å²) in [6.07, 6.45) is 2.00. The number of carbonyl (C=O) groups excluding carboxylic acids is 1. The van der Waals surface area contributed by atoms with E-state index < -0.39 is 0 Å². The molecule has 0 unspecified atom stereocenters. The molecule has 15 heavy (non-hydrogen) atoms. The molecule has 0 saturated heterocycles. The molecule has 1 aliphatic rings. The summed E-state index contributed by atoms with van der Waals surface area (Å²) in [5, 5.41) is 0. The predicted octanol–water partition coefficient (Wildman–Crippen LogP) is 2.54. The van der Waals surface area contributed by atoms with Crippen molar-refractivity contribution in [1.82, 2.24) is 0 Å². The zero-order valence-corrected chi connectivity index (χ0v) is 8.66. The van der Waals surface area contributed by atoms with Crippen LogP contribution >= 0.6 is 0 Å². The Hall–Kier alpha value is -1.82. The fraction of sp³-hybridized carbons (Fsp3) is 0.333. The Balaban J connectivity index is 2.49. The van der Waals surface area contributed by atoms with E-state index in [1.165, 1.54) is 5.56 Å². The first kappa shape index (κ1) is 9.72. The van der Waals surface area contributed by atoms with E-state index in [-0.39, 0.29) is 5.91 Å². The second-order valence-electron chi connectivity index (χ2n) is 3.70. The lowest BCUT2D eigenvalue weighted by molar-refractivity contribution is -0.116. The third-order valence-corrected chi connectivity index (χ3v) is 2.70. The van der Waals surface area contributed by atoms with Gasteiger partial charge in [0.2, 0.25) is 5.91 Å². The van der Waals surface area contributed by atoms with E-state index in [2.05, 4.69) is 4.85 Å². The monoisotopic (exact) mass is 200 g/mol. The molecule has 0 N–H and O–H groups in total. The van der Waals surface area contributed by atoms with Gasteiger partial charge in [-0.05, 0) is 24.5 Å². The predicted molar refractivity (Wildman–Crippen MR) is 59.1 cm³/mol. The minimum absolute atomic E-state index is 0.0538. The highest BCUT2D eigenvalue weighted by atomic mass is 16.2. The molecule has 1 heterocycles. The van der Waals surface area contributed by atoms with Crippen molar-refractivity contribution >= 4 is 17.3 Å². The molecule has 1 amide bonds. The van der Waals surface area contributed by atoms with Gasteiger partial charge in [0.1, 0.15) is 0 Å². The van der Waals surface area contributed by atoms with Crippen LogP contribution in [0.25, 0.3) is 4.85 Å². The van der Waals surface area contributed by atoms with E-state index in [0.29, 0.717) is 5.69 Å². The van der Waals surface area contributed by atoms with Crippen molar-refractivity contribution in [3.8, 4) is 0 Å². The highest BCUT2D eigenvalue weighted by Gasteiger charge is 2.19. The molecular formula is C12H12N2O. The molecule has 0 fully saturated rings. The van der Waals surface area contributed by atoms with Crippen molar-refractivity contribution in [2.45, 2.75) is 19.8 Å². The molecule has 0 aliphatic carbocycles. The Bertz CT molecular complexity index is 445. The van der Waals surface area contributed by atoms with Gasteiger partial charge in [-0.15, -0.1) is 0 Å². The molecule has 3 heteroatoms. The molecule has 0 spiro atoms. The van der Waals surface area contributed by atoms with Gasteiger partial charge in [-0.25, -0.2) is 4.85 Å². The second-order valence-corrected chi connectivity index (χ2v) is 3.70. The molecule has 1 aromatic carbocycles. The van der Waals surface area contributed by atoms with Crippen LogP contribution in [0.3, 0.4) is 0 Å². The van der Waals surface area contributed by atoms with Crippen LogP contribution in [0.1, 0.15) is 18.9 Å². The van der Waals surface area contributed by atoms with Gasteiger partial charge < -0.3 is 4.90 Å². The fourth-order valence-corrected chi connectivity index (χ4v) is 1.96. The third kappa shape index (κ3) is 1.71. The number of aryl methyl sites for hydroxylation is 1. The van der Waals surface area contributed by atoms with E-state index >= 15 is 0 Å². The first-order valence-electron chi connectivity index (χ1n) is 5.01. The summed E-state index contributed by atoms with van der Waals surface area (Å²) in [5.41, 5.74) is 2.69. The average Bonchev–Trinajstić information content (AvgIpc) is 2.27. The van der Waals surface area contributed by atoms with Gasteiger partial charge in [-0.2, -0.15) is 0 Å². The number of amides is 1. The number of carbonyl (C=O) groups is 1. The lowest BCUT2D eigenvalue weighted by Gasteiger charge is -2.28. The van der Waals surface area contributed by atoms with Crippen LogP contribution in [-0.4, -0.2) is 12.5 Å². The topological polar surface area (TPSA) is 24.7 Å². The molecule has 0 atom stereocenters. The zero-order valence-electron chi connectivity index (χ0n) is 8.66. The molecule has 76 valence electrons. The Morgan fingerprint density at radius 2 is 2.33 bits per heavy atom. The summed E-state index contributed by atoms with van der Waals surface area (Å²) in [7, 11) is 0. The molecular weight excluding hydrogens is 188 g/mol. The number of fused-ring (bicyclic) bond motifs is 1. The normalized spacial score (nSPS) is 14.3. The second kappa shape index (κ2) is 3.74. The minimum Gasteiger partial charge on any atom is -0.314 e. The molecule has 2 rings (SSSR count). The van der Waals surface area contributed by atoms with Crippen LogP contribution in [0.4, 0.5) is 11.4 Å². The van der Waals surface area contributed by atoms with Crippen molar-refractivity contribution in [2.24, 2.45) is 0 Å². The van der Waals surface area contributed by atoms with E-state index in [0.717, 1.165) is 25.1 Å². The Kier molecular flexibility index (Phi) is 2.42. The summed E-state index contributed by atoms with van der Waals surface area (Å²) < 4.78 is 0. The largest absolute Gasteiger partial charge is 0.314 e. The number of benzene rings is 1. The molecule has 1 aromatic rings. The van der Waals surface area contributed by atoms with E-state index in [1.54, 1.807) is 11.8 Å². The quantitative estimate of drug-likeness (QED) is 0.590. The lowest BCUT2D eigenvalue weighted by Crippen LogP contribution is -2.33. The summed E-state index contributed by atoms with van der Waals surface area (Å²) in [5.74, 6) is 0.0538. The molecule has 0 bridgehead atoms. The molecule has 0 radical (unpaired) electrons. The number of anilines is 1. The summed E-state index contributed by atoms with van der Waals surface area (Å²) in [6.45, 7) is 9.29. The first-order valence-corrected chi connectivity index (χ1v) is 5.01. The van der Waals surface area contributed by atoms with Crippen molar-refractivity contribution in [3.63, 3.8) is 0 Å². The van der Waals surface area contributed by atoms with Crippen molar-refractivity contribution in [2.75, 3.05) is 11.4 Å². The minimum atomic E-state index is 0.0538. The Labute approximate surface area is 89.1 Å². The molecule has 3 nitrogen and oxygen atoms in total. The fourth-order valence-electron chi connectivity index (χ4n) is 1.96. The van der Waals surface area contributed by atoms with Gasteiger partial charge in [0.05, 0.1) is 6.57 Å². The van der Waals surface area contributed by atoms with E-state index in [1.807, 2.05) is 18.2 Å². The number of hydrogen-bond acceptors (Lipinski definition) is 1. The molecule has 0 saturated carbocycles. The number of nitrogens with zero attached hydrogens (tertiary/aromatic N) is 2. The molecule has 0 aromatic heterocycles. The van der Waals surface area contributed by atoms with E-state index in [4.69, 9.17) is 6.57 Å². The van der Waals surface area contributed by atoms with Crippen molar-refractivity contribution in [1.29, 1.82) is 0 Å². The van der Waals surface area contributed by atoms with Crippen LogP contribution in [0, 0.1) is 6.57 Å². The SMILES string of the molecule is [C-]#[N+]c1ccc2c(c1)N(C(C)=O)CCC2. The van der Waals surface area contributed by atoms with Crippen LogP contribution in [-0.2, 0) is 11.2 Å². The standard InChI is InChI=1S/C12H12N2O/c1-9(15)14-7-3-4-10-5-6-11(13-2)8-12(10)14/h5-6,8H,3-4,7H2,1H3. The van der Waals surface area contributed by atoms with Gasteiger partial charge >= 0.3 is 0 Å². The number of rotatable bonds is 0. The average molecular weight is 200 g/mol. The van der Waals surface area contributed by atoms with Crippen LogP contribution < -0.4 is 4.90 Å². The van der Waals surface area contributed by atoms with Crippen LogP contribution in [0.5, 0.6) is 0 Å². The first-order chi connectivity index (χ1) is 7.22. The van der Waals surface area contributed by atoms with Gasteiger partial charge in [-0.3, -0.25) is 4.79 Å². The van der Waals surface area contributed by atoms with E-state index in [9.17, 15) is 4.79 Å². The van der Waals surface area contributed by atoms with Crippen molar-refractivity contribution < 1.29 is 4.79 Å². The van der Waals surface area contributed by atoms with Gasteiger partial charge in [0.15, 0.2) is 5.69 Å². The Morgan fingerprint density at radius 1 is 1.53 bits per heavy atom. The van der Waals surface area contributed by atoms with Crippen molar-refractivity contribution in [3.05, 3.63) is 35.2 Å².